The summed E-state index contributed by atoms with van der Waals surface area (Å²) in [6.07, 6.45) is 1.88. The second-order valence-corrected chi connectivity index (χ2v) is 6.09. The summed E-state index contributed by atoms with van der Waals surface area (Å²) in [7, 11) is 0. The van der Waals surface area contributed by atoms with Gasteiger partial charge < -0.3 is 15.4 Å². The Hall–Kier alpha value is -1.88. The quantitative estimate of drug-likeness (QED) is 0.727. The Balaban J connectivity index is 2.39. The van der Waals surface area contributed by atoms with E-state index < -0.39 is 0 Å². The minimum atomic E-state index is -0.0966. The highest BCUT2D eigenvalue weighted by Crippen LogP contribution is 2.15. The molecule has 0 saturated carbocycles. The van der Waals surface area contributed by atoms with Crippen molar-refractivity contribution in [3.63, 3.8) is 0 Å². The van der Waals surface area contributed by atoms with Crippen LogP contribution in [-0.2, 0) is 14.3 Å². The fourth-order valence-electron chi connectivity index (χ4n) is 2.23. The van der Waals surface area contributed by atoms with E-state index in [1.165, 1.54) is 0 Å². The molecule has 0 aliphatic rings. The van der Waals surface area contributed by atoms with E-state index in [9.17, 15) is 9.59 Å². The zero-order valence-electron chi connectivity index (χ0n) is 14.5. The van der Waals surface area contributed by atoms with E-state index in [-0.39, 0.29) is 17.9 Å². The number of nitrogens with one attached hydrogen (secondary N) is 2. The van der Waals surface area contributed by atoms with E-state index in [1.54, 1.807) is 31.2 Å². The Morgan fingerprint density at radius 2 is 1.70 bits per heavy atom. The number of amides is 2. The Morgan fingerprint density at radius 1 is 1.09 bits per heavy atom. The van der Waals surface area contributed by atoms with Gasteiger partial charge in [-0.3, -0.25) is 9.59 Å². The van der Waals surface area contributed by atoms with Gasteiger partial charge in [-0.1, -0.05) is 26.8 Å². The minimum absolute atomic E-state index is 0.0546. The molecule has 1 unspecified atom stereocenters. The van der Waals surface area contributed by atoms with Crippen LogP contribution in [0.3, 0.4) is 0 Å². The van der Waals surface area contributed by atoms with Gasteiger partial charge in [0.2, 0.25) is 11.8 Å². The molecule has 2 amide bonds. The van der Waals surface area contributed by atoms with Crippen LogP contribution in [0.2, 0.25) is 0 Å². The largest absolute Gasteiger partial charge is 0.378 e. The van der Waals surface area contributed by atoms with Crippen molar-refractivity contribution < 1.29 is 14.3 Å². The van der Waals surface area contributed by atoms with E-state index >= 15 is 0 Å². The van der Waals surface area contributed by atoms with Crippen molar-refractivity contribution in [3.05, 3.63) is 24.3 Å². The topological polar surface area (TPSA) is 67.4 Å². The third-order valence-corrected chi connectivity index (χ3v) is 3.29. The van der Waals surface area contributed by atoms with Crippen molar-refractivity contribution in [1.82, 2.24) is 0 Å². The first-order chi connectivity index (χ1) is 10.9. The summed E-state index contributed by atoms with van der Waals surface area (Å²) in [6.45, 7) is 8.53. The number of carbonyl (C=O) groups excluding carboxylic acids is 2. The maximum atomic E-state index is 11.9. The smallest absolute Gasteiger partial charge is 0.226 e. The number of carbonyl (C=O) groups is 2. The zero-order valence-corrected chi connectivity index (χ0v) is 14.5. The molecule has 0 aromatic heterocycles. The number of rotatable bonds is 9. The first-order valence-electron chi connectivity index (χ1n) is 8.22. The molecule has 0 radical (unpaired) electrons. The molecule has 1 atom stereocenters. The molecule has 0 aliphatic heterocycles. The highest BCUT2D eigenvalue weighted by molar-refractivity contribution is 5.93. The molecule has 5 heteroatoms. The second kappa shape index (κ2) is 10.0. The zero-order chi connectivity index (χ0) is 17.2. The van der Waals surface area contributed by atoms with Crippen LogP contribution in [0.5, 0.6) is 0 Å². The lowest BCUT2D eigenvalue weighted by atomic mass is 10.1. The molecule has 23 heavy (non-hydrogen) atoms. The molecule has 0 spiro atoms. The number of anilines is 2. The normalized spacial score (nSPS) is 12.0. The SMILES string of the molecule is CCC(=O)Nc1cccc(NC(=O)CCOC(C)CC(C)C)c1. The van der Waals surface area contributed by atoms with Gasteiger partial charge in [0.05, 0.1) is 19.1 Å². The summed E-state index contributed by atoms with van der Waals surface area (Å²) in [4.78, 5) is 23.3. The predicted molar refractivity (Wildman–Crippen MR) is 93.5 cm³/mol. The molecule has 1 aromatic carbocycles. The van der Waals surface area contributed by atoms with E-state index in [0.717, 1.165) is 6.42 Å². The lowest BCUT2D eigenvalue weighted by Gasteiger charge is -2.15. The van der Waals surface area contributed by atoms with Crippen LogP contribution in [0.1, 0.15) is 47.0 Å². The van der Waals surface area contributed by atoms with E-state index in [4.69, 9.17) is 4.74 Å². The van der Waals surface area contributed by atoms with Crippen molar-refractivity contribution in [2.75, 3.05) is 17.2 Å². The molecule has 5 nitrogen and oxygen atoms in total. The van der Waals surface area contributed by atoms with Crippen molar-refractivity contribution in [2.24, 2.45) is 5.92 Å². The van der Waals surface area contributed by atoms with Crippen molar-refractivity contribution in [1.29, 1.82) is 0 Å². The summed E-state index contributed by atoms with van der Waals surface area (Å²) in [5.41, 5.74) is 1.34. The number of ether oxygens (including phenoxy) is 1. The van der Waals surface area contributed by atoms with Crippen LogP contribution >= 0.6 is 0 Å². The fourth-order valence-corrected chi connectivity index (χ4v) is 2.23. The van der Waals surface area contributed by atoms with Gasteiger partial charge in [0.1, 0.15) is 0 Å². The standard InChI is InChI=1S/C18H28N2O3/c1-5-17(21)19-15-7-6-8-16(12-15)20-18(22)9-10-23-14(4)11-13(2)3/h6-8,12-14H,5,9-11H2,1-4H3,(H,19,21)(H,20,22). The van der Waals surface area contributed by atoms with Gasteiger partial charge in [0.25, 0.3) is 0 Å². The molecule has 1 rings (SSSR count). The maximum absolute atomic E-state index is 11.9. The average molecular weight is 320 g/mol. The Labute approximate surface area is 138 Å². The first-order valence-corrected chi connectivity index (χ1v) is 8.22. The summed E-state index contributed by atoms with van der Waals surface area (Å²) >= 11 is 0. The lowest BCUT2D eigenvalue weighted by Crippen LogP contribution is -2.18. The van der Waals surface area contributed by atoms with Crippen LogP contribution in [0.25, 0.3) is 0 Å². The van der Waals surface area contributed by atoms with E-state index in [1.807, 2.05) is 6.92 Å². The molecular weight excluding hydrogens is 292 g/mol. The molecule has 128 valence electrons. The highest BCUT2D eigenvalue weighted by Gasteiger charge is 2.08. The highest BCUT2D eigenvalue weighted by atomic mass is 16.5. The Morgan fingerprint density at radius 3 is 2.26 bits per heavy atom. The molecule has 0 saturated heterocycles. The van der Waals surface area contributed by atoms with Crippen LogP contribution < -0.4 is 10.6 Å². The summed E-state index contributed by atoms with van der Waals surface area (Å²) < 4.78 is 5.63. The van der Waals surface area contributed by atoms with Crippen LogP contribution in [0.15, 0.2) is 24.3 Å². The van der Waals surface area contributed by atoms with Crippen LogP contribution in [0.4, 0.5) is 11.4 Å². The van der Waals surface area contributed by atoms with Gasteiger partial charge in [-0.15, -0.1) is 0 Å². The second-order valence-electron chi connectivity index (χ2n) is 6.09. The molecule has 0 bridgehead atoms. The van der Waals surface area contributed by atoms with Crippen LogP contribution in [0, 0.1) is 5.92 Å². The average Bonchev–Trinajstić information content (AvgIpc) is 2.46. The lowest BCUT2D eigenvalue weighted by molar-refractivity contribution is -0.118. The summed E-state index contributed by atoms with van der Waals surface area (Å²) in [6, 6.07) is 7.12. The fraction of sp³-hybridized carbons (Fsp3) is 0.556. The summed E-state index contributed by atoms with van der Waals surface area (Å²) in [5.74, 6) is 0.432. The third kappa shape index (κ3) is 8.35. The van der Waals surface area contributed by atoms with Crippen molar-refractivity contribution >= 4 is 23.2 Å². The first kappa shape index (κ1) is 19.2. The Bertz CT molecular complexity index is 515. The molecule has 0 heterocycles. The molecule has 1 aromatic rings. The molecule has 0 fully saturated rings. The molecule has 0 aliphatic carbocycles. The number of benzene rings is 1. The van der Waals surface area contributed by atoms with Crippen molar-refractivity contribution in [2.45, 2.75) is 53.1 Å². The van der Waals surface area contributed by atoms with Gasteiger partial charge in [-0.25, -0.2) is 0 Å². The van der Waals surface area contributed by atoms with Crippen LogP contribution in [-0.4, -0.2) is 24.5 Å². The van der Waals surface area contributed by atoms with Gasteiger partial charge in [0, 0.05) is 17.8 Å². The van der Waals surface area contributed by atoms with E-state index in [2.05, 4.69) is 24.5 Å². The molecule has 2 N–H and O–H groups in total. The van der Waals surface area contributed by atoms with Gasteiger partial charge in [-0.05, 0) is 37.5 Å². The predicted octanol–water partition coefficient (Wildman–Crippen LogP) is 3.81. The number of hydrogen-bond acceptors (Lipinski definition) is 3. The van der Waals surface area contributed by atoms with Gasteiger partial charge in [0.15, 0.2) is 0 Å². The minimum Gasteiger partial charge on any atom is -0.378 e. The summed E-state index contributed by atoms with van der Waals surface area (Å²) in [5, 5.41) is 5.58. The monoisotopic (exact) mass is 320 g/mol. The van der Waals surface area contributed by atoms with Gasteiger partial charge >= 0.3 is 0 Å². The van der Waals surface area contributed by atoms with E-state index in [0.29, 0.717) is 36.7 Å². The number of hydrogen-bond donors (Lipinski definition) is 2. The van der Waals surface area contributed by atoms with Crippen molar-refractivity contribution in [3.8, 4) is 0 Å². The maximum Gasteiger partial charge on any atom is 0.226 e. The van der Waals surface area contributed by atoms with Gasteiger partial charge in [-0.2, -0.15) is 0 Å². The Kier molecular flexibility index (Phi) is 8.33. The molecular formula is C18H28N2O3. The third-order valence-electron chi connectivity index (χ3n) is 3.29.